The van der Waals surface area contributed by atoms with Crippen LogP contribution < -0.4 is 10.1 Å². The number of hydrogen-bond acceptors (Lipinski definition) is 4. The van der Waals surface area contributed by atoms with Crippen molar-refractivity contribution in [1.82, 2.24) is 15.2 Å². The van der Waals surface area contributed by atoms with Crippen molar-refractivity contribution in [1.29, 1.82) is 0 Å². The van der Waals surface area contributed by atoms with E-state index in [0.717, 1.165) is 42.7 Å². The number of carbonyl (C=O) groups excluding carboxylic acids is 1. The number of methoxy groups -OCH3 is 1. The molecule has 0 radical (unpaired) electrons. The standard InChI is InChI=1S/C24H23ClFN3O2/c1-31-22-8-7-19(26)12-21(22)17-4-2-16(3-5-17)14-29-11-10-20(15-29)28-24(30)18-6-9-23(25)27-13-18/h2-9,12-13,20H,10-11,14-15H2,1H3,(H,28,30). The van der Waals surface area contributed by atoms with E-state index in [-0.39, 0.29) is 17.8 Å². The van der Waals surface area contributed by atoms with E-state index in [1.165, 1.54) is 18.3 Å². The fraction of sp³-hybridized carbons (Fsp3) is 0.250. The highest BCUT2D eigenvalue weighted by Gasteiger charge is 2.24. The number of aromatic nitrogens is 1. The number of carbonyl (C=O) groups is 1. The lowest BCUT2D eigenvalue weighted by atomic mass is 10.0. The minimum absolute atomic E-state index is 0.0963. The molecular weight excluding hydrogens is 417 g/mol. The Hall–Kier alpha value is -2.96. The second-order valence-electron chi connectivity index (χ2n) is 7.61. The molecule has 2 heterocycles. The smallest absolute Gasteiger partial charge is 0.253 e. The van der Waals surface area contributed by atoms with Crippen LogP contribution in [0.2, 0.25) is 5.15 Å². The summed E-state index contributed by atoms with van der Waals surface area (Å²) in [5.74, 6) is 0.215. The second kappa shape index (κ2) is 9.45. The molecule has 1 amide bonds. The fourth-order valence-electron chi connectivity index (χ4n) is 3.83. The molecule has 1 unspecified atom stereocenters. The Kier molecular flexibility index (Phi) is 6.49. The van der Waals surface area contributed by atoms with E-state index in [9.17, 15) is 9.18 Å². The minimum Gasteiger partial charge on any atom is -0.496 e. The first-order valence-electron chi connectivity index (χ1n) is 10.1. The highest BCUT2D eigenvalue weighted by Crippen LogP contribution is 2.31. The van der Waals surface area contributed by atoms with Gasteiger partial charge in [-0.3, -0.25) is 9.69 Å². The Morgan fingerprint density at radius 2 is 2.03 bits per heavy atom. The summed E-state index contributed by atoms with van der Waals surface area (Å²) in [7, 11) is 1.58. The third-order valence-electron chi connectivity index (χ3n) is 5.43. The van der Waals surface area contributed by atoms with Crippen molar-refractivity contribution in [3.8, 4) is 16.9 Å². The lowest BCUT2D eigenvalue weighted by Gasteiger charge is -2.17. The van der Waals surface area contributed by atoms with Crippen LogP contribution in [0.15, 0.2) is 60.8 Å². The average molecular weight is 440 g/mol. The topological polar surface area (TPSA) is 54.5 Å². The third kappa shape index (κ3) is 5.21. The molecule has 1 N–H and O–H groups in total. The summed E-state index contributed by atoms with van der Waals surface area (Å²) in [4.78, 5) is 18.6. The van der Waals surface area contributed by atoms with Gasteiger partial charge >= 0.3 is 0 Å². The van der Waals surface area contributed by atoms with Crippen LogP contribution in [-0.4, -0.2) is 42.0 Å². The Bertz CT molecular complexity index is 1060. The van der Waals surface area contributed by atoms with Crippen LogP contribution in [0.5, 0.6) is 5.75 Å². The van der Waals surface area contributed by atoms with Gasteiger partial charge in [0.2, 0.25) is 0 Å². The maximum Gasteiger partial charge on any atom is 0.253 e. The van der Waals surface area contributed by atoms with Gasteiger partial charge in [0.05, 0.1) is 12.7 Å². The Morgan fingerprint density at radius 1 is 1.23 bits per heavy atom. The zero-order chi connectivity index (χ0) is 21.8. The van der Waals surface area contributed by atoms with Crippen LogP contribution >= 0.6 is 11.6 Å². The van der Waals surface area contributed by atoms with Crippen LogP contribution in [0.4, 0.5) is 4.39 Å². The van der Waals surface area contributed by atoms with E-state index in [1.807, 2.05) is 24.3 Å². The van der Waals surface area contributed by atoms with Crippen molar-refractivity contribution < 1.29 is 13.9 Å². The average Bonchev–Trinajstić information content (AvgIpc) is 3.21. The highest BCUT2D eigenvalue weighted by atomic mass is 35.5. The summed E-state index contributed by atoms with van der Waals surface area (Å²) >= 11 is 5.78. The van der Waals surface area contributed by atoms with Crippen LogP contribution in [0.25, 0.3) is 11.1 Å². The lowest BCUT2D eigenvalue weighted by molar-refractivity contribution is 0.0937. The number of benzene rings is 2. The quantitative estimate of drug-likeness (QED) is 0.572. The first kappa shape index (κ1) is 21.3. The molecule has 5 nitrogen and oxygen atoms in total. The molecular formula is C24H23ClFN3O2. The second-order valence-corrected chi connectivity index (χ2v) is 7.99. The molecule has 1 aromatic heterocycles. The third-order valence-corrected chi connectivity index (χ3v) is 5.65. The molecule has 31 heavy (non-hydrogen) atoms. The number of hydrogen-bond donors (Lipinski definition) is 1. The van der Waals surface area contributed by atoms with Crippen molar-refractivity contribution in [2.75, 3.05) is 20.2 Å². The largest absolute Gasteiger partial charge is 0.496 e. The lowest BCUT2D eigenvalue weighted by Crippen LogP contribution is -2.37. The maximum atomic E-state index is 13.7. The zero-order valence-corrected chi connectivity index (χ0v) is 17.9. The first-order chi connectivity index (χ1) is 15.0. The van der Waals surface area contributed by atoms with Crippen LogP contribution in [0, 0.1) is 5.82 Å². The highest BCUT2D eigenvalue weighted by molar-refractivity contribution is 6.29. The summed E-state index contributed by atoms with van der Waals surface area (Å²) in [6.45, 7) is 2.48. The molecule has 2 aromatic carbocycles. The Balaban J connectivity index is 1.35. The van der Waals surface area contributed by atoms with Gasteiger partial charge in [-0.25, -0.2) is 9.37 Å². The number of nitrogens with one attached hydrogen (secondary N) is 1. The normalized spacial score (nSPS) is 16.3. The molecule has 3 aromatic rings. The number of amides is 1. The van der Waals surface area contributed by atoms with E-state index in [2.05, 4.69) is 15.2 Å². The number of halogens is 2. The molecule has 0 spiro atoms. The van der Waals surface area contributed by atoms with Gasteiger partial charge in [0.1, 0.15) is 16.7 Å². The van der Waals surface area contributed by atoms with Gasteiger partial charge in [0, 0.05) is 37.4 Å². The van der Waals surface area contributed by atoms with Gasteiger partial charge in [-0.2, -0.15) is 0 Å². The van der Waals surface area contributed by atoms with E-state index in [1.54, 1.807) is 25.3 Å². The molecule has 0 saturated carbocycles. The van der Waals surface area contributed by atoms with Gasteiger partial charge in [-0.05, 0) is 47.9 Å². The van der Waals surface area contributed by atoms with Crippen LogP contribution in [-0.2, 0) is 6.54 Å². The molecule has 1 saturated heterocycles. The number of rotatable bonds is 6. The van der Waals surface area contributed by atoms with E-state index < -0.39 is 0 Å². The van der Waals surface area contributed by atoms with Gasteiger partial charge in [-0.1, -0.05) is 35.9 Å². The number of likely N-dealkylation sites (tertiary alicyclic amines) is 1. The Labute approximate surface area is 185 Å². The predicted molar refractivity (Wildman–Crippen MR) is 119 cm³/mol. The molecule has 7 heteroatoms. The number of ether oxygens (including phenoxy) is 1. The fourth-order valence-corrected chi connectivity index (χ4v) is 3.94. The number of nitrogens with zero attached hydrogens (tertiary/aromatic N) is 2. The van der Waals surface area contributed by atoms with Crippen molar-refractivity contribution in [2.45, 2.75) is 19.0 Å². The Morgan fingerprint density at radius 3 is 2.74 bits per heavy atom. The number of pyridine rings is 1. The van der Waals surface area contributed by atoms with E-state index >= 15 is 0 Å². The van der Waals surface area contributed by atoms with Crippen molar-refractivity contribution in [3.63, 3.8) is 0 Å². The predicted octanol–water partition coefficient (Wildman–Crippen LogP) is 4.55. The van der Waals surface area contributed by atoms with Gasteiger partial charge in [0.25, 0.3) is 5.91 Å². The van der Waals surface area contributed by atoms with Crippen molar-refractivity contribution in [3.05, 3.63) is 82.9 Å². The summed E-state index contributed by atoms with van der Waals surface area (Å²) in [6.07, 6.45) is 2.38. The van der Waals surface area contributed by atoms with E-state index in [4.69, 9.17) is 16.3 Å². The molecule has 4 rings (SSSR count). The van der Waals surface area contributed by atoms with Crippen molar-refractivity contribution in [2.24, 2.45) is 0 Å². The monoisotopic (exact) mass is 439 g/mol. The SMILES string of the molecule is COc1ccc(F)cc1-c1ccc(CN2CCC(NC(=O)c3ccc(Cl)nc3)C2)cc1. The molecule has 1 aliphatic rings. The van der Waals surface area contributed by atoms with Gasteiger partial charge < -0.3 is 10.1 Å². The van der Waals surface area contributed by atoms with Crippen LogP contribution in [0.3, 0.4) is 0 Å². The molecule has 1 atom stereocenters. The molecule has 1 fully saturated rings. The van der Waals surface area contributed by atoms with Gasteiger partial charge in [-0.15, -0.1) is 0 Å². The summed E-state index contributed by atoms with van der Waals surface area (Å²) in [5.41, 5.74) is 3.30. The van der Waals surface area contributed by atoms with Crippen LogP contribution in [0.1, 0.15) is 22.3 Å². The summed E-state index contributed by atoms with van der Waals surface area (Å²) in [6, 6.07) is 15.9. The first-order valence-corrected chi connectivity index (χ1v) is 10.5. The molecule has 0 bridgehead atoms. The maximum absolute atomic E-state index is 13.7. The summed E-state index contributed by atoms with van der Waals surface area (Å²) < 4.78 is 19.0. The molecule has 160 valence electrons. The van der Waals surface area contributed by atoms with Crippen molar-refractivity contribution >= 4 is 17.5 Å². The minimum atomic E-state index is -0.292. The summed E-state index contributed by atoms with van der Waals surface area (Å²) in [5, 5.41) is 3.43. The van der Waals surface area contributed by atoms with Gasteiger partial charge in [0.15, 0.2) is 0 Å². The molecule has 0 aliphatic carbocycles. The van der Waals surface area contributed by atoms with E-state index in [0.29, 0.717) is 16.5 Å². The zero-order valence-electron chi connectivity index (χ0n) is 17.1. The molecule has 1 aliphatic heterocycles.